The molecule has 0 aliphatic rings. The van der Waals surface area contributed by atoms with E-state index in [-0.39, 0.29) is 5.56 Å². The molecular formula is C12H11N3O4. The number of methoxy groups -OCH3 is 1. The van der Waals surface area contributed by atoms with E-state index in [1.54, 1.807) is 24.3 Å². The van der Waals surface area contributed by atoms with Crippen LogP contribution >= 0.6 is 0 Å². The van der Waals surface area contributed by atoms with Gasteiger partial charge in [0.15, 0.2) is 0 Å². The highest BCUT2D eigenvalue weighted by atomic mass is 16.5. The van der Waals surface area contributed by atoms with Gasteiger partial charge in [0.2, 0.25) is 0 Å². The first-order valence-corrected chi connectivity index (χ1v) is 5.37. The van der Waals surface area contributed by atoms with Crippen molar-refractivity contribution in [3.8, 4) is 5.75 Å². The Morgan fingerprint density at radius 2 is 1.89 bits per heavy atom. The van der Waals surface area contributed by atoms with Crippen LogP contribution in [0.5, 0.6) is 5.75 Å². The molecule has 0 aliphatic heterocycles. The first-order valence-electron chi connectivity index (χ1n) is 5.37. The molecule has 0 aliphatic carbocycles. The smallest absolute Gasteiger partial charge is 0.325 e. The number of carbonyl (C=O) groups excluding carboxylic acids is 1. The summed E-state index contributed by atoms with van der Waals surface area (Å²) in [5.74, 6) is 0.0440. The first-order chi connectivity index (χ1) is 9.10. The van der Waals surface area contributed by atoms with Gasteiger partial charge in [-0.05, 0) is 24.3 Å². The molecule has 98 valence electrons. The van der Waals surface area contributed by atoms with Crippen LogP contribution in [0.2, 0.25) is 0 Å². The summed E-state index contributed by atoms with van der Waals surface area (Å²) in [4.78, 5) is 38.3. The van der Waals surface area contributed by atoms with Gasteiger partial charge in [-0.15, -0.1) is 0 Å². The van der Waals surface area contributed by atoms with E-state index in [1.807, 2.05) is 4.98 Å². The van der Waals surface area contributed by atoms with Crippen LogP contribution in [0, 0.1) is 0 Å². The Kier molecular flexibility index (Phi) is 3.46. The zero-order chi connectivity index (χ0) is 13.8. The van der Waals surface area contributed by atoms with Crippen molar-refractivity contribution in [1.29, 1.82) is 0 Å². The standard InChI is InChI=1S/C12H11N3O4/c1-19-8-4-2-7(3-5-8)14-10(16)9-6-13-12(18)15-11(9)17/h2-6H,1H3,(H,14,16)(H2,13,15,17,18). The van der Waals surface area contributed by atoms with Crippen LogP contribution in [0.1, 0.15) is 10.4 Å². The number of H-pyrrole nitrogens is 2. The molecule has 0 atom stereocenters. The molecule has 3 N–H and O–H groups in total. The highest BCUT2D eigenvalue weighted by Crippen LogP contribution is 2.15. The van der Waals surface area contributed by atoms with Crippen LogP contribution in [-0.4, -0.2) is 23.0 Å². The maximum Gasteiger partial charge on any atom is 0.325 e. The second kappa shape index (κ2) is 5.21. The predicted molar refractivity (Wildman–Crippen MR) is 68.6 cm³/mol. The Bertz CT molecular complexity index is 700. The number of anilines is 1. The Morgan fingerprint density at radius 3 is 2.47 bits per heavy atom. The number of hydrogen-bond acceptors (Lipinski definition) is 4. The topological polar surface area (TPSA) is 104 Å². The summed E-state index contributed by atoms with van der Waals surface area (Å²) in [6.45, 7) is 0. The number of rotatable bonds is 3. The molecule has 0 saturated carbocycles. The average Bonchev–Trinajstić information content (AvgIpc) is 2.39. The van der Waals surface area contributed by atoms with Gasteiger partial charge in [0.1, 0.15) is 11.3 Å². The minimum absolute atomic E-state index is 0.171. The van der Waals surface area contributed by atoms with E-state index < -0.39 is 17.2 Å². The zero-order valence-corrected chi connectivity index (χ0v) is 10.0. The molecule has 2 rings (SSSR count). The number of aromatic nitrogens is 2. The van der Waals surface area contributed by atoms with Crippen LogP contribution in [-0.2, 0) is 0 Å². The molecule has 0 spiro atoms. The fourth-order valence-electron chi connectivity index (χ4n) is 1.45. The normalized spacial score (nSPS) is 9.95. The van der Waals surface area contributed by atoms with Crippen LogP contribution in [0.4, 0.5) is 5.69 Å². The molecule has 7 nitrogen and oxygen atoms in total. The fourth-order valence-corrected chi connectivity index (χ4v) is 1.45. The van der Waals surface area contributed by atoms with E-state index in [2.05, 4.69) is 10.3 Å². The number of benzene rings is 1. The first kappa shape index (κ1) is 12.6. The molecule has 0 saturated heterocycles. The molecular weight excluding hydrogens is 250 g/mol. The van der Waals surface area contributed by atoms with E-state index in [0.29, 0.717) is 11.4 Å². The third kappa shape index (κ3) is 2.89. The lowest BCUT2D eigenvalue weighted by molar-refractivity contribution is 0.102. The lowest BCUT2D eigenvalue weighted by Gasteiger charge is -2.05. The van der Waals surface area contributed by atoms with Crippen molar-refractivity contribution in [2.75, 3.05) is 12.4 Å². The highest BCUT2D eigenvalue weighted by Gasteiger charge is 2.10. The van der Waals surface area contributed by atoms with Crippen LogP contribution in [0.3, 0.4) is 0 Å². The van der Waals surface area contributed by atoms with Crippen molar-refractivity contribution in [2.45, 2.75) is 0 Å². The monoisotopic (exact) mass is 261 g/mol. The molecule has 7 heteroatoms. The van der Waals surface area contributed by atoms with E-state index in [4.69, 9.17) is 4.74 Å². The molecule has 1 heterocycles. The molecule has 1 aromatic heterocycles. The summed E-state index contributed by atoms with van der Waals surface area (Å²) in [7, 11) is 1.54. The van der Waals surface area contributed by atoms with Crippen molar-refractivity contribution in [3.63, 3.8) is 0 Å². The second-order valence-corrected chi connectivity index (χ2v) is 3.67. The number of aromatic amines is 2. The van der Waals surface area contributed by atoms with Gasteiger partial charge in [-0.25, -0.2) is 4.79 Å². The van der Waals surface area contributed by atoms with Gasteiger partial charge in [-0.2, -0.15) is 0 Å². The third-order valence-corrected chi connectivity index (χ3v) is 2.41. The molecule has 2 aromatic rings. The summed E-state index contributed by atoms with van der Waals surface area (Å²) >= 11 is 0. The fraction of sp³-hybridized carbons (Fsp3) is 0.0833. The molecule has 0 radical (unpaired) electrons. The Morgan fingerprint density at radius 1 is 1.21 bits per heavy atom. The van der Waals surface area contributed by atoms with E-state index >= 15 is 0 Å². The summed E-state index contributed by atoms with van der Waals surface area (Å²) in [6, 6.07) is 6.62. The lowest BCUT2D eigenvalue weighted by atomic mass is 10.2. The Balaban J connectivity index is 2.20. The average molecular weight is 261 g/mol. The van der Waals surface area contributed by atoms with Crippen molar-refractivity contribution in [1.82, 2.24) is 9.97 Å². The number of ether oxygens (including phenoxy) is 1. The quantitative estimate of drug-likeness (QED) is 0.740. The van der Waals surface area contributed by atoms with E-state index in [0.717, 1.165) is 6.20 Å². The lowest BCUT2D eigenvalue weighted by Crippen LogP contribution is -2.29. The van der Waals surface area contributed by atoms with Crippen LogP contribution in [0.15, 0.2) is 40.1 Å². The summed E-state index contributed by atoms with van der Waals surface area (Å²) in [5, 5.41) is 2.53. The van der Waals surface area contributed by atoms with Gasteiger partial charge in [0, 0.05) is 11.9 Å². The molecule has 0 fully saturated rings. The van der Waals surface area contributed by atoms with Crippen LogP contribution in [0.25, 0.3) is 0 Å². The second-order valence-electron chi connectivity index (χ2n) is 3.67. The molecule has 0 bridgehead atoms. The number of amides is 1. The Labute approximate surface area is 107 Å². The largest absolute Gasteiger partial charge is 0.497 e. The van der Waals surface area contributed by atoms with Gasteiger partial charge in [0.25, 0.3) is 11.5 Å². The number of carbonyl (C=O) groups is 1. The van der Waals surface area contributed by atoms with Gasteiger partial charge in [0.05, 0.1) is 7.11 Å². The minimum atomic E-state index is -0.741. The molecule has 19 heavy (non-hydrogen) atoms. The Hall–Kier alpha value is -2.83. The van der Waals surface area contributed by atoms with Crippen molar-refractivity contribution in [3.05, 3.63) is 56.9 Å². The highest BCUT2D eigenvalue weighted by molar-refractivity contribution is 6.03. The maximum absolute atomic E-state index is 11.8. The van der Waals surface area contributed by atoms with Crippen molar-refractivity contribution >= 4 is 11.6 Å². The zero-order valence-electron chi connectivity index (χ0n) is 10.0. The summed E-state index contributed by atoms with van der Waals surface area (Å²) in [5.41, 5.74) is -1.06. The third-order valence-electron chi connectivity index (χ3n) is 2.41. The van der Waals surface area contributed by atoms with Crippen molar-refractivity contribution < 1.29 is 9.53 Å². The van der Waals surface area contributed by atoms with Gasteiger partial charge in [-0.1, -0.05) is 0 Å². The molecule has 0 unspecified atom stereocenters. The summed E-state index contributed by atoms with van der Waals surface area (Å²) < 4.78 is 4.98. The van der Waals surface area contributed by atoms with Gasteiger partial charge < -0.3 is 15.0 Å². The maximum atomic E-state index is 11.8. The van der Waals surface area contributed by atoms with Crippen LogP contribution < -0.4 is 21.3 Å². The van der Waals surface area contributed by atoms with E-state index in [1.165, 1.54) is 7.11 Å². The summed E-state index contributed by atoms with van der Waals surface area (Å²) in [6.07, 6.45) is 1.07. The van der Waals surface area contributed by atoms with Crippen molar-refractivity contribution in [2.24, 2.45) is 0 Å². The molecule has 1 amide bonds. The number of nitrogens with one attached hydrogen (secondary N) is 3. The SMILES string of the molecule is COc1ccc(NC(=O)c2c[nH]c(=O)[nH]c2=O)cc1. The van der Waals surface area contributed by atoms with E-state index in [9.17, 15) is 14.4 Å². The van der Waals surface area contributed by atoms with Gasteiger partial charge >= 0.3 is 5.69 Å². The molecule has 1 aromatic carbocycles. The predicted octanol–water partition coefficient (Wildman–Crippen LogP) is 0.324. The minimum Gasteiger partial charge on any atom is -0.497 e. The number of hydrogen-bond donors (Lipinski definition) is 3. The van der Waals surface area contributed by atoms with Gasteiger partial charge in [-0.3, -0.25) is 14.6 Å².